The van der Waals surface area contributed by atoms with Crippen LogP contribution >= 0.6 is 11.8 Å². The Hall–Kier alpha value is -0.820. The van der Waals surface area contributed by atoms with Crippen LogP contribution in [0, 0.1) is 0 Å². The fourth-order valence-corrected chi connectivity index (χ4v) is 4.57. The number of thioether (sulfide) groups is 1. The number of aliphatic hydroxyl groups excluding tert-OH is 1. The maximum absolute atomic E-state index is 12.2. The minimum absolute atomic E-state index is 0.134. The molecule has 1 aromatic rings. The Morgan fingerprint density at radius 3 is 2.79 bits per heavy atom. The SMILES string of the molecule is O=S(=O)(C=Cc1ccccc1)N1CCSCC1CO. The summed E-state index contributed by atoms with van der Waals surface area (Å²) in [6.07, 6.45) is 1.59. The molecule has 0 radical (unpaired) electrons. The molecule has 1 saturated heterocycles. The van der Waals surface area contributed by atoms with Gasteiger partial charge in [0.2, 0.25) is 10.0 Å². The molecule has 4 nitrogen and oxygen atoms in total. The summed E-state index contributed by atoms with van der Waals surface area (Å²) in [5, 5.41) is 10.5. The highest BCUT2D eigenvalue weighted by molar-refractivity contribution is 7.99. The third-order valence-corrected chi connectivity index (χ3v) is 5.65. The van der Waals surface area contributed by atoms with Crippen LogP contribution in [0.1, 0.15) is 5.56 Å². The molecule has 104 valence electrons. The number of benzene rings is 1. The molecule has 1 aromatic carbocycles. The second-order valence-electron chi connectivity index (χ2n) is 4.28. The Balaban J connectivity index is 2.15. The van der Waals surface area contributed by atoms with E-state index in [2.05, 4.69) is 0 Å². The van der Waals surface area contributed by atoms with Crippen LogP contribution in [0.3, 0.4) is 0 Å². The van der Waals surface area contributed by atoms with Crippen molar-refractivity contribution in [1.82, 2.24) is 4.31 Å². The van der Waals surface area contributed by atoms with E-state index in [0.29, 0.717) is 12.3 Å². The van der Waals surface area contributed by atoms with Crippen LogP contribution in [0.25, 0.3) is 6.08 Å². The van der Waals surface area contributed by atoms with Crippen molar-refractivity contribution in [2.45, 2.75) is 6.04 Å². The molecule has 0 aromatic heterocycles. The van der Waals surface area contributed by atoms with E-state index < -0.39 is 10.0 Å². The summed E-state index contributed by atoms with van der Waals surface area (Å²) in [6.45, 7) is 0.322. The highest BCUT2D eigenvalue weighted by Crippen LogP contribution is 2.20. The number of nitrogens with zero attached hydrogens (tertiary/aromatic N) is 1. The van der Waals surface area contributed by atoms with Crippen LogP contribution in [0.2, 0.25) is 0 Å². The molecule has 1 N–H and O–H groups in total. The minimum Gasteiger partial charge on any atom is -0.395 e. The van der Waals surface area contributed by atoms with Gasteiger partial charge in [-0.2, -0.15) is 16.1 Å². The summed E-state index contributed by atoms with van der Waals surface area (Å²) in [5.74, 6) is 1.42. The molecular formula is C13H17NO3S2. The van der Waals surface area contributed by atoms with Crippen molar-refractivity contribution in [3.8, 4) is 0 Å². The Bertz CT molecular complexity index is 528. The zero-order chi connectivity index (χ0) is 13.7. The molecule has 0 saturated carbocycles. The zero-order valence-electron chi connectivity index (χ0n) is 10.5. The smallest absolute Gasteiger partial charge is 0.236 e. The lowest BCUT2D eigenvalue weighted by Gasteiger charge is -2.32. The monoisotopic (exact) mass is 299 g/mol. The van der Waals surface area contributed by atoms with Gasteiger partial charge in [-0.05, 0) is 11.6 Å². The van der Waals surface area contributed by atoms with Gasteiger partial charge in [0.25, 0.3) is 0 Å². The van der Waals surface area contributed by atoms with Gasteiger partial charge in [-0.1, -0.05) is 30.3 Å². The number of hydrogen-bond donors (Lipinski definition) is 1. The number of aliphatic hydroxyl groups is 1. The summed E-state index contributed by atoms with van der Waals surface area (Å²) < 4.78 is 25.9. The Labute approximate surface area is 118 Å². The fourth-order valence-electron chi connectivity index (χ4n) is 1.93. The third kappa shape index (κ3) is 3.82. The van der Waals surface area contributed by atoms with E-state index in [0.717, 1.165) is 11.3 Å². The molecule has 0 amide bonds. The van der Waals surface area contributed by atoms with Crippen molar-refractivity contribution >= 4 is 27.9 Å². The quantitative estimate of drug-likeness (QED) is 0.913. The normalized spacial score (nSPS) is 21.8. The molecule has 19 heavy (non-hydrogen) atoms. The van der Waals surface area contributed by atoms with Crippen molar-refractivity contribution in [3.63, 3.8) is 0 Å². The van der Waals surface area contributed by atoms with E-state index in [-0.39, 0.29) is 12.6 Å². The van der Waals surface area contributed by atoms with Crippen molar-refractivity contribution in [2.75, 3.05) is 24.7 Å². The zero-order valence-corrected chi connectivity index (χ0v) is 12.1. The van der Waals surface area contributed by atoms with Gasteiger partial charge in [0.15, 0.2) is 0 Å². The largest absolute Gasteiger partial charge is 0.395 e. The first kappa shape index (κ1) is 14.6. The molecule has 0 spiro atoms. The lowest BCUT2D eigenvalue weighted by Crippen LogP contribution is -2.47. The van der Waals surface area contributed by atoms with E-state index in [1.165, 1.54) is 9.71 Å². The van der Waals surface area contributed by atoms with E-state index in [4.69, 9.17) is 0 Å². The predicted octanol–water partition coefficient (Wildman–Crippen LogP) is 1.40. The average Bonchev–Trinajstić information content (AvgIpc) is 2.46. The molecule has 6 heteroatoms. The van der Waals surface area contributed by atoms with Crippen LogP contribution in [0.15, 0.2) is 35.7 Å². The molecule has 1 aliphatic heterocycles. The highest BCUT2D eigenvalue weighted by atomic mass is 32.2. The average molecular weight is 299 g/mol. The topological polar surface area (TPSA) is 57.6 Å². The van der Waals surface area contributed by atoms with Crippen molar-refractivity contribution in [3.05, 3.63) is 41.3 Å². The summed E-state index contributed by atoms with van der Waals surface area (Å²) in [6, 6.07) is 8.99. The Morgan fingerprint density at radius 2 is 2.11 bits per heavy atom. The van der Waals surface area contributed by atoms with Gasteiger partial charge in [0, 0.05) is 23.5 Å². The number of rotatable bonds is 4. The fraction of sp³-hybridized carbons (Fsp3) is 0.385. The maximum atomic E-state index is 12.2. The minimum atomic E-state index is -3.46. The van der Waals surface area contributed by atoms with Gasteiger partial charge in [-0.25, -0.2) is 8.42 Å². The van der Waals surface area contributed by atoms with Gasteiger partial charge in [0.05, 0.1) is 12.6 Å². The molecular weight excluding hydrogens is 282 g/mol. The molecule has 0 aliphatic carbocycles. The number of hydrogen-bond acceptors (Lipinski definition) is 4. The first-order chi connectivity index (χ1) is 9.13. The van der Waals surface area contributed by atoms with Crippen molar-refractivity contribution in [2.24, 2.45) is 0 Å². The standard InChI is InChI=1S/C13H17NO3S2/c15-10-13-11-18-8-7-14(13)19(16,17)9-6-12-4-2-1-3-5-12/h1-6,9,13,15H,7-8,10-11H2. The Morgan fingerprint density at radius 1 is 1.37 bits per heavy atom. The van der Waals surface area contributed by atoms with Crippen LogP contribution in [-0.2, 0) is 10.0 Å². The molecule has 1 aliphatic rings. The van der Waals surface area contributed by atoms with E-state index >= 15 is 0 Å². The lowest BCUT2D eigenvalue weighted by atomic mass is 10.2. The van der Waals surface area contributed by atoms with Crippen LogP contribution in [-0.4, -0.2) is 48.5 Å². The molecule has 2 rings (SSSR count). The number of sulfonamides is 1. The second-order valence-corrected chi connectivity index (χ2v) is 7.20. The van der Waals surface area contributed by atoms with E-state index in [1.54, 1.807) is 17.8 Å². The summed E-state index contributed by atoms with van der Waals surface area (Å²) in [7, 11) is -3.46. The van der Waals surface area contributed by atoms with Crippen LogP contribution in [0.5, 0.6) is 0 Å². The summed E-state index contributed by atoms with van der Waals surface area (Å²) in [4.78, 5) is 0. The molecule has 0 bridgehead atoms. The lowest BCUT2D eigenvalue weighted by molar-refractivity contribution is 0.203. The van der Waals surface area contributed by atoms with Gasteiger partial charge in [-0.15, -0.1) is 0 Å². The predicted molar refractivity (Wildman–Crippen MR) is 79.3 cm³/mol. The first-order valence-corrected chi connectivity index (χ1v) is 8.73. The molecule has 1 heterocycles. The summed E-state index contributed by atoms with van der Waals surface area (Å²) >= 11 is 1.67. The van der Waals surface area contributed by atoms with Crippen LogP contribution in [0.4, 0.5) is 0 Å². The molecule has 1 atom stereocenters. The van der Waals surface area contributed by atoms with E-state index in [1.807, 2.05) is 30.3 Å². The van der Waals surface area contributed by atoms with Crippen LogP contribution < -0.4 is 0 Å². The van der Waals surface area contributed by atoms with E-state index in [9.17, 15) is 13.5 Å². The van der Waals surface area contributed by atoms with Crippen molar-refractivity contribution in [1.29, 1.82) is 0 Å². The van der Waals surface area contributed by atoms with Gasteiger partial charge < -0.3 is 5.11 Å². The second kappa shape index (κ2) is 6.56. The third-order valence-electron chi connectivity index (χ3n) is 2.94. The van der Waals surface area contributed by atoms with Gasteiger partial charge >= 0.3 is 0 Å². The Kier molecular flexibility index (Phi) is 5.04. The molecule has 1 unspecified atom stereocenters. The van der Waals surface area contributed by atoms with Gasteiger partial charge in [-0.3, -0.25) is 0 Å². The first-order valence-electron chi connectivity index (χ1n) is 6.07. The summed E-state index contributed by atoms with van der Waals surface area (Å²) in [5.41, 5.74) is 0.845. The van der Waals surface area contributed by atoms with Crippen molar-refractivity contribution < 1.29 is 13.5 Å². The maximum Gasteiger partial charge on any atom is 0.236 e. The highest BCUT2D eigenvalue weighted by Gasteiger charge is 2.30. The molecule has 1 fully saturated rings. The van der Waals surface area contributed by atoms with Gasteiger partial charge in [0.1, 0.15) is 0 Å².